The number of hydrogen-bond donors (Lipinski definition) is 3. The molecule has 7 nitrogen and oxygen atoms in total. The highest BCUT2D eigenvalue weighted by Crippen LogP contribution is 2.66. The van der Waals surface area contributed by atoms with E-state index in [1.165, 1.54) is 32.1 Å². The van der Waals surface area contributed by atoms with Crippen LogP contribution in [-0.2, 0) is 4.84 Å². The van der Waals surface area contributed by atoms with Crippen molar-refractivity contribution in [2.75, 3.05) is 32.8 Å². The Hall–Kier alpha value is -1.80. The van der Waals surface area contributed by atoms with E-state index in [2.05, 4.69) is 53.3 Å². The lowest BCUT2D eigenvalue weighted by Crippen LogP contribution is -2.50. The molecule has 0 bridgehead atoms. The van der Waals surface area contributed by atoms with Crippen LogP contribution in [0.2, 0.25) is 0 Å². The Morgan fingerprint density at radius 3 is 2.90 bits per heavy atom. The summed E-state index contributed by atoms with van der Waals surface area (Å²) in [4.78, 5) is 12.7. The molecule has 1 aromatic rings. The predicted octanol–water partition coefficient (Wildman–Crippen LogP) is 4.72. The van der Waals surface area contributed by atoms with Gasteiger partial charge in [0.05, 0.1) is 23.6 Å². The summed E-state index contributed by atoms with van der Waals surface area (Å²) in [6.07, 6.45) is 12.8. The molecule has 2 heterocycles. The maximum absolute atomic E-state index is 10.8. The fraction of sp³-hybridized carbons (Fsp3) is 0.758. The van der Waals surface area contributed by atoms with Gasteiger partial charge in [0.2, 0.25) is 0 Å². The zero-order chi connectivity index (χ0) is 27.9. The molecule has 1 aliphatic heterocycles. The minimum Gasteiger partial charge on any atom is -0.393 e. The first-order chi connectivity index (χ1) is 19.3. The second-order valence-corrected chi connectivity index (χ2v) is 14.0. The van der Waals surface area contributed by atoms with Crippen LogP contribution < -0.4 is 5.32 Å². The predicted molar refractivity (Wildman–Crippen MR) is 158 cm³/mol. The number of fused-ring (bicyclic) bond motifs is 5. The van der Waals surface area contributed by atoms with Crippen LogP contribution in [0.4, 0.5) is 0 Å². The number of nitrogens with one attached hydrogen (secondary N) is 1. The van der Waals surface area contributed by atoms with Crippen molar-refractivity contribution >= 4 is 5.71 Å². The SMILES string of the molecule is CC(=NOCC(O)CN1CCNCC1c1ccccn1)[C@H]1CC[C@H]2[C@@H]3CC=C4CC(O)CC[C@]4(C)[C@H]3CC[C@]12C. The van der Waals surface area contributed by atoms with Gasteiger partial charge < -0.3 is 20.4 Å². The molecular weight excluding hydrogens is 500 g/mol. The van der Waals surface area contributed by atoms with E-state index >= 15 is 0 Å². The maximum atomic E-state index is 10.8. The number of aromatic nitrogens is 1. The molecule has 6 rings (SSSR count). The summed E-state index contributed by atoms with van der Waals surface area (Å²) >= 11 is 0. The molecule has 5 aliphatic rings. The third kappa shape index (κ3) is 5.16. The first-order valence-electron chi connectivity index (χ1n) is 15.9. The van der Waals surface area contributed by atoms with Gasteiger partial charge in [-0.1, -0.05) is 36.7 Å². The molecule has 1 saturated heterocycles. The van der Waals surface area contributed by atoms with E-state index in [1.54, 1.807) is 5.57 Å². The van der Waals surface area contributed by atoms with Crippen LogP contribution in [0.25, 0.3) is 0 Å². The van der Waals surface area contributed by atoms with E-state index in [1.807, 2.05) is 18.3 Å². The van der Waals surface area contributed by atoms with Crippen LogP contribution in [0.5, 0.6) is 0 Å². The lowest BCUT2D eigenvalue weighted by atomic mass is 9.47. The first-order valence-corrected chi connectivity index (χ1v) is 15.9. The smallest absolute Gasteiger partial charge is 0.144 e. The summed E-state index contributed by atoms with van der Waals surface area (Å²) in [7, 11) is 0. The molecule has 9 atom stereocenters. The van der Waals surface area contributed by atoms with Crippen LogP contribution in [0.15, 0.2) is 41.2 Å². The normalized spacial score (nSPS) is 40.9. The number of β-amino-alcohol motifs (C(OH)–C–C–N with tert-alkyl or cyclic N) is 1. The van der Waals surface area contributed by atoms with Gasteiger partial charge >= 0.3 is 0 Å². The monoisotopic (exact) mass is 550 g/mol. The maximum Gasteiger partial charge on any atom is 0.144 e. The van der Waals surface area contributed by atoms with Gasteiger partial charge in [0, 0.05) is 38.3 Å². The number of allylic oxidation sites excluding steroid dienone is 1. The molecule has 7 heteroatoms. The molecule has 3 N–H and O–H groups in total. The Labute approximate surface area is 240 Å². The Bertz CT molecular complexity index is 1090. The number of oxime groups is 1. The van der Waals surface area contributed by atoms with Gasteiger partial charge in [-0.2, -0.15) is 0 Å². The van der Waals surface area contributed by atoms with Crippen LogP contribution in [0.1, 0.15) is 83.9 Å². The van der Waals surface area contributed by atoms with Crippen molar-refractivity contribution < 1.29 is 15.1 Å². The summed E-state index contributed by atoms with van der Waals surface area (Å²) in [5, 5.41) is 29.2. The molecular formula is C33H50N4O3. The van der Waals surface area contributed by atoms with Gasteiger partial charge in [-0.25, -0.2) is 0 Å². The van der Waals surface area contributed by atoms with E-state index < -0.39 is 6.10 Å². The Morgan fingerprint density at radius 2 is 2.08 bits per heavy atom. The number of piperazine rings is 1. The van der Waals surface area contributed by atoms with Crippen LogP contribution in [0.3, 0.4) is 0 Å². The number of pyridine rings is 1. The van der Waals surface area contributed by atoms with E-state index in [-0.39, 0.29) is 29.6 Å². The summed E-state index contributed by atoms with van der Waals surface area (Å²) < 4.78 is 0. The molecule has 0 aromatic carbocycles. The lowest BCUT2D eigenvalue weighted by molar-refractivity contribution is -0.0430. The minimum atomic E-state index is -0.596. The molecule has 220 valence electrons. The van der Waals surface area contributed by atoms with Crippen molar-refractivity contribution in [3.8, 4) is 0 Å². The second-order valence-electron chi connectivity index (χ2n) is 14.0. The average molecular weight is 551 g/mol. The molecule has 4 fully saturated rings. The highest BCUT2D eigenvalue weighted by atomic mass is 16.6. The molecule has 0 radical (unpaired) electrons. The van der Waals surface area contributed by atoms with E-state index in [4.69, 9.17) is 4.84 Å². The van der Waals surface area contributed by atoms with Crippen molar-refractivity contribution in [2.45, 2.75) is 90.4 Å². The number of nitrogens with zero attached hydrogens (tertiary/aromatic N) is 3. The first kappa shape index (κ1) is 28.3. The van der Waals surface area contributed by atoms with E-state index in [0.29, 0.717) is 12.5 Å². The van der Waals surface area contributed by atoms with Crippen molar-refractivity contribution in [2.24, 2.45) is 39.7 Å². The zero-order valence-electron chi connectivity index (χ0n) is 24.8. The number of rotatable bonds is 7. The number of hydrogen-bond acceptors (Lipinski definition) is 7. The summed E-state index contributed by atoms with van der Waals surface area (Å²) in [6.45, 7) is 10.6. The van der Waals surface area contributed by atoms with E-state index in [0.717, 1.165) is 68.1 Å². The van der Waals surface area contributed by atoms with Gasteiger partial charge in [0.25, 0.3) is 0 Å². The van der Waals surface area contributed by atoms with Gasteiger partial charge in [-0.3, -0.25) is 9.88 Å². The molecule has 0 spiro atoms. The van der Waals surface area contributed by atoms with Crippen molar-refractivity contribution in [1.29, 1.82) is 0 Å². The molecule has 3 saturated carbocycles. The van der Waals surface area contributed by atoms with Gasteiger partial charge in [-0.05, 0) is 99.0 Å². The number of aliphatic hydroxyl groups excluding tert-OH is 2. The fourth-order valence-corrected chi connectivity index (χ4v) is 9.77. The third-order valence-corrected chi connectivity index (χ3v) is 11.9. The van der Waals surface area contributed by atoms with E-state index in [9.17, 15) is 10.2 Å². The standard InChI is InChI=1S/C33H50N4O3/c1-22(36-40-21-25(39)20-37-17-16-34-19-31(37)30-6-4-5-15-35-30)27-9-10-28-26-8-7-23-18-24(38)11-13-32(23,2)29(26)12-14-33(27,28)3/h4-7,15,24-29,31,34,38-39H,8-14,16-21H2,1-3H3/t24?,25?,26-,27+,28-,29-,31?,32-,33+/m0/s1. The highest BCUT2D eigenvalue weighted by Gasteiger charge is 2.59. The summed E-state index contributed by atoms with van der Waals surface area (Å²) in [6, 6.07) is 6.19. The average Bonchev–Trinajstić information content (AvgIpc) is 3.31. The second kappa shape index (κ2) is 11.5. The summed E-state index contributed by atoms with van der Waals surface area (Å²) in [5.41, 5.74) is 4.23. The van der Waals surface area contributed by atoms with Crippen LogP contribution >= 0.6 is 0 Å². The van der Waals surface area contributed by atoms with Gasteiger partial charge in [0.15, 0.2) is 0 Å². The Balaban J connectivity index is 1.06. The van der Waals surface area contributed by atoms with Gasteiger partial charge in [0.1, 0.15) is 12.7 Å². The molecule has 40 heavy (non-hydrogen) atoms. The van der Waals surface area contributed by atoms with Crippen molar-refractivity contribution in [3.63, 3.8) is 0 Å². The van der Waals surface area contributed by atoms with Crippen molar-refractivity contribution in [1.82, 2.24) is 15.2 Å². The molecule has 0 amide bonds. The Morgan fingerprint density at radius 1 is 1.20 bits per heavy atom. The molecule has 3 unspecified atom stereocenters. The van der Waals surface area contributed by atoms with Crippen LogP contribution in [-0.4, -0.2) is 70.8 Å². The molecule has 1 aromatic heterocycles. The lowest BCUT2D eigenvalue weighted by Gasteiger charge is -2.58. The number of aliphatic hydroxyl groups is 2. The molecule has 4 aliphatic carbocycles. The van der Waals surface area contributed by atoms with Gasteiger partial charge in [-0.15, -0.1) is 0 Å². The van der Waals surface area contributed by atoms with Crippen LogP contribution in [0, 0.1) is 34.5 Å². The largest absolute Gasteiger partial charge is 0.393 e. The Kier molecular flexibility index (Phi) is 8.12. The van der Waals surface area contributed by atoms with Crippen molar-refractivity contribution in [3.05, 3.63) is 41.7 Å². The quantitative estimate of drug-likeness (QED) is 0.259. The third-order valence-electron chi connectivity index (χ3n) is 11.9. The summed E-state index contributed by atoms with van der Waals surface area (Å²) in [5.74, 6) is 2.67. The topological polar surface area (TPSA) is 90.2 Å². The zero-order valence-corrected chi connectivity index (χ0v) is 24.8. The minimum absolute atomic E-state index is 0.142. The highest BCUT2D eigenvalue weighted by molar-refractivity contribution is 5.85. The fourth-order valence-electron chi connectivity index (χ4n) is 9.77.